The first-order valence-electron chi connectivity index (χ1n) is 4.78. The Morgan fingerprint density at radius 1 is 1.53 bits per heavy atom. The lowest BCUT2D eigenvalue weighted by Gasteiger charge is -2.25. The number of aromatic nitrogens is 2. The fourth-order valence-electron chi connectivity index (χ4n) is 1.94. The lowest BCUT2D eigenvalue weighted by atomic mass is 9.78. The van der Waals surface area contributed by atoms with Crippen molar-refractivity contribution < 1.29 is 9.90 Å². The monoisotopic (exact) mass is 224 g/mol. The van der Waals surface area contributed by atoms with E-state index in [1.54, 1.807) is 24.2 Å². The molecule has 0 radical (unpaired) electrons. The van der Waals surface area contributed by atoms with Crippen molar-refractivity contribution in [1.29, 1.82) is 0 Å². The van der Waals surface area contributed by atoms with Gasteiger partial charge in [0.25, 0.3) is 0 Å². The third kappa shape index (κ3) is 2.12. The second-order valence-electron chi connectivity index (χ2n) is 3.78. The lowest BCUT2D eigenvalue weighted by Crippen LogP contribution is -2.29. The molecule has 1 aliphatic rings. The molecule has 0 amide bonds. The third-order valence-corrected chi connectivity index (χ3v) is 4.02. The van der Waals surface area contributed by atoms with Gasteiger partial charge in [-0.05, 0) is 17.7 Å². The Bertz CT molecular complexity index is 350. The smallest absolute Gasteiger partial charge is 0.304 e. The minimum absolute atomic E-state index is 0.174. The van der Waals surface area contributed by atoms with Gasteiger partial charge in [-0.15, -0.1) is 0 Å². The van der Waals surface area contributed by atoms with Gasteiger partial charge in [0.15, 0.2) is 0 Å². The summed E-state index contributed by atoms with van der Waals surface area (Å²) in [6.45, 7) is 0. The molecule has 1 saturated heterocycles. The second kappa shape index (κ2) is 4.18. The van der Waals surface area contributed by atoms with Crippen LogP contribution >= 0.6 is 11.8 Å². The Labute approximate surface area is 92.1 Å². The fourth-order valence-corrected chi connectivity index (χ4v) is 3.42. The number of aliphatic carboxylic acids is 1. The highest BCUT2D eigenvalue weighted by Crippen LogP contribution is 2.41. The van der Waals surface area contributed by atoms with Crippen LogP contribution in [0, 0.1) is 0 Å². The minimum Gasteiger partial charge on any atom is -0.481 e. The standard InChI is InChI=1S/C10H12N2O2S/c13-9(14)3-10(1-2-15-6-10)8-4-11-7-12-5-8/h4-5,7H,1-3,6H2,(H,13,14). The van der Waals surface area contributed by atoms with Crippen LogP contribution in [-0.4, -0.2) is 32.5 Å². The molecular formula is C10H12N2O2S. The van der Waals surface area contributed by atoms with E-state index in [9.17, 15) is 4.79 Å². The average molecular weight is 224 g/mol. The zero-order valence-electron chi connectivity index (χ0n) is 8.22. The van der Waals surface area contributed by atoms with Crippen LogP contribution in [0.25, 0.3) is 0 Å². The largest absolute Gasteiger partial charge is 0.481 e. The molecule has 1 aromatic heterocycles. The van der Waals surface area contributed by atoms with Crippen molar-refractivity contribution in [3.8, 4) is 0 Å². The van der Waals surface area contributed by atoms with Gasteiger partial charge < -0.3 is 5.11 Å². The van der Waals surface area contributed by atoms with Crippen LogP contribution in [0.5, 0.6) is 0 Å². The fraction of sp³-hybridized carbons (Fsp3) is 0.500. The Kier molecular flexibility index (Phi) is 2.90. The summed E-state index contributed by atoms with van der Waals surface area (Å²) in [7, 11) is 0. The highest BCUT2D eigenvalue weighted by atomic mass is 32.2. The molecule has 15 heavy (non-hydrogen) atoms. The van der Waals surface area contributed by atoms with Gasteiger partial charge >= 0.3 is 5.97 Å². The van der Waals surface area contributed by atoms with Crippen molar-refractivity contribution in [3.05, 3.63) is 24.3 Å². The predicted octanol–water partition coefficient (Wildman–Crippen LogP) is 1.33. The molecular weight excluding hydrogens is 212 g/mol. The summed E-state index contributed by atoms with van der Waals surface area (Å²) >= 11 is 1.80. The van der Waals surface area contributed by atoms with Gasteiger partial charge in [-0.2, -0.15) is 11.8 Å². The van der Waals surface area contributed by atoms with Gasteiger partial charge in [0, 0.05) is 23.6 Å². The van der Waals surface area contributed by atoms with Crippen LogP contribution in [0.15, 0.2) is 18.7 Å². The van der Waals surface area contributed by atoms with Crippen molar-refractivity contribution in [2.24, 2.45) is 0 Å². The normalized spacial score (nSPS) is 25.3. The first-order chi connectivity index (χ1) is 7.23. The Morgan fingerprint density at radius 3 is 2.80 bits per heavy atom. The number of rotatable bonds is 3. The van der Waals surface area contributed by atoms with Gasteiger partial charge in [0.1, 0.15) is 6.33 Å². The number of nitrogens with zero attached hydrogens (tertiary/aromatic N) is 2. The van der Waals surface area contributed by atoms with E-state index in [-0.39, 0.29) is 11.8 Å². The van der Waals surface area contributed by atoms with Crippen LogP contribution in [-0.2, 0) is 10.2 Å². The maximum atomic E-state index is 10.9. The summed E-state index contributed by atoms with van der Waals surface area (Å²) in [6.07, 6.45) is 6.02. The van der Waals surface area contributed by atoms with Crippen molar-refractivity contribution in [2.45, 2.75) is 18.3 Å². The first-order valence-corrected chi connectivity index (χ1v) is 5.93. The Balaban J connectivity index is 2.30. The van der Waals surface area contributed by atoms with E-state index in [1.165, 1.54) is 6.33 Å². The molecule has 5 heteroatoms. The van der Waals surface area contributed by atoms with Gasteiger partial charge in [-0.1, -0.05) is 0 Å². The van der Waals surface area contributed by atoms with E-state index in [2.05, 4.69) is 9.97 Å². The number of carbonyl (C=O) groups is 1. The summed E-state index contributed by atoms with van der Waals surface area (Å²) in [5.41, 5.74) is 0.704. The van der Waals surface area contributed by atoms with Crippen LogP contribution < -0.4 is 0 Å². The molecule has 4 nitrogen and oxygen atoms in total. The zero-order chi connectivity index (χ0) is 10.7. The maximum absolute atomic E-state index is 10.9. The SMILES string of the molecule is O=C(O)CC1(c2cncnc2)CCSC1. The topological polar surface area (TPSA) is 63.1 Å². The minimum atomic E-state index is -0.749. The van der Waals surface area contributed by atoms with Gasteiger partial charge in [0.2, 0.25) is 0 Å². The summed E-state index contributed by atoms with van der Waals surface area (Å²) in [5, 5.41) is 8.95. The molecule has 2 rings (SSSR count). The average Bonchev–Trinajstić information content (AvgIpc) is 2.68. The summed E-state index contributed by atoms with van der Waals surface area (Å²) in [5.74, 6) is 1.12. The number of hydrogen-bond acceptors (Lipinski definition) is 4. The van der Waals surface area contributed by atoms with Gasteiger partial charge in [-0.25, -0.2) is 9.97 Å². The number of hydrogen-bond donors (Lipinski definition) is 1. The van der Waals surface area contributed by atoms with E-state index >= 15 is 0 Å². The Hall–Kier alpha value is -1.10. The predicted molar refractivity (Wildman–Crippen MR) is 57.9 cm³/mol. The molecule has 1 aliphatic heterocycles. The zero-order valence-corrected chi connectivity index (χ0v) is 9.04. The van der Waals surface area contributed by atoms with Crippen molar-refractivity contribution in [1.82, 2.24) is 9.97 Å². The third-order valence-electron chi connectivity index (χ3n) is 2.77. The van der Waals surface area contributed by atoms with Crippen molar-refractivity contribution in [3.63, 3.8) is 0 Å². The number of carboxylic acids is 1. The van der Waals surface area contributed by atoms with Crippen LogP contribution in [0.1, 0.15) is 18.4 Å². The molecule has 0 spiro atoms. The highest BCUT2D eigenvalue weighted by molar-refractivity contribution is 7.99. The summed E-state index contributed by atoms with van der Waals surface area (Å²) in [4.78, 5) is 18.8. The molecule has 1 unspecified atom stereocenters. The number of thioether (sulfide) groups is 1. The molecule has 0 saturated carbocycles. The van der Waals surface area contributed by atoms with Crippen LogP contribution in [0.4, 0.5) is 0 Å². The summed E-state index contributed by atoms with van der Waals surface area (Å²) < 4.78 is 0. The first kappa shape index (κ1) is 10.4. The Morgan fingerprint density at radius 2 is 2.27 bits per heavy atom. The van der Waals surface area contributed by atoms with Crippen molar-refractivity contribution in [2.75, 3.05) is 11.5 Å². The molecule has 1 N–H and O–H groups in total. The maximum Gasteiger partial charge on any atom is 0.304 e. The second-order valence-corrected chi connectivity index (χ2v) is 4.89. The van der Waals surface area contributed by atoms with Crippen molar-refractivity contribution >= 4 is 17.7 Å². The number of carboxylic acid groups (broad SMARTS) is 1. The molecule has 80 valence electrons. The van der Waals surface area contributed by atoms with Gasteiger partial charge in [-0.3, -0.25) is 4.79 Å². The van der Waals surface area contributed by atoms with E-state index in [1.807, 2.05) is 0 Å². The molecule has 0 aliphatic carbocycles. The molecule has 1 fully saturated rings. The highest BCUT2D eigenvalue weighted by Gasteiger charge is 2.38. The van der Waals surface area contributed by atoms with E-state index in [4.69, 9.17) is 5.11 Å². The lowest BCUT2D eigenvalue weighted by molar-refractivity contribution is -0.138. The molecule has 0 bridgehead atoms. The molecule has 2 heterocycles. The van der Waals surface area contributed by atoms with E-state index < -0.39 is 5.97 Å². The molecule has 1 aromatic rings. The molecule has 1 atom stereocenters. The van der Waals surface area contributed by atoms with E-state index in [0.29, 0.717) is 0 Å². The van der Waals surface area contributed by atoms with Gasteiger partial charge in [0.05, 0.1) is 6.42 Å². The quantitative estimate of drug-likeness (QED) is 0.839. The van der Waals surface area contributed by atoms with E-state index in [0.717, 1.165) is 23.5 Å². The molecule has 0 aromatic carbocycles. The van der Waals surface area contributed by atoms with Crippen LogP contribution in [0.2, 0.25) is 0 Å². The van der Waals surface area contributed by atoms with Crippen LogP contribution in [0.3, 0.4) is 0 Å². The summed E-state index contributed by atoms with van der Waals surface area (Å²) in [6, 6.07) is 0.